The van der Waals surface area contributed by atoms with E-state index in [2.05, 4.69) is 125 Å². The minimum absolute atomic E-state index is 0.883. The second-order valence-electron chi connectivity index (χ2n) is 11.0. The Bertz CT molecular complexity index is 2200. The number of nitrogens with zero attached hydrogens (tertiary/aromatic N) is 3. The molecule has 0 saturated heterocycles. The van der Waals surface area contributed by atoms with Gasteiger partial charge in [0.05, 0.1) is 11.4 Å². The van der Waals surface area contributed by atoms with Gasteiger partial charge in [-0.1, -0.05) is 91.0 Å². The van der Waals surface area contributed by atoms with E-state index in [0.717, 1.165) is 33.6 Å². The van der Waals surface area contributed by atoms with Crippen LogP contribution in [0.15, 0.2) is 164 Å². The topological polar surface area (TPSA) is 38.7 Å². The second kappa shape index (κ2) is 11.0. The van der Waals surface area contributed by atoms with E-state index in [1.54, 1.807) is 12.4 Å². The standard InChI is InChI=1S/C41H27N3/c1-2-13-36-32(8-1)23-39(38-15-4-3-14-37(36)38)31-10-5-9-30(22-31)28-16-18-29(19-17-28)35-24-40(33-11-6-20-42-26-33)44-41(25-35)34-12-7-21-43-27-34/h1-27H. The molecule has 3 heteroatoms. The average Bonchev–Trinajstić information content (AvgIpc) is 3.12. The highest BCUT2D eigenvalue weighted by molar-refractivity contribution is 6.13. The van der Waals surface area contributed by atoms with Crippen LogP contribution in [0.25, 0.3) is 77.4 Å². The van der Waals surface area contributed by atoms with Gasteiger partial charge in [-0.05, 0) is 103 Å². The van der Waals surface area contributed by atoms with E-state index in [1.807, 2.05) is 36.7 Å². The molecule has 0 bridgehead atoms. The van der Waals surface area contributed by atoms with Gasteiger partial charge in [0.1, 0.15) is 0 Å². The van der Waals surface area contributed by atoms with E-state index >= 15 is 0 Å². The van der Waals surface area contributed by atoms with Crippen molar-refractivity contribution >= 4 is 21.5 Å². The lowest BCUT2D eigenvalue weighted by molar-refractivity contribution is 1.26. The molecule has 0 spiro atoms. The molecule has 0 fully saturated rings. The molecule has 0 N–H and O–H groups in total. The van der Waals surface area contributed by atoms with Crippen LogP contribution in [0.5, 0.6) is 0 Å². The maximum absolute atomic E-state index is 4.96. The number of pyridine rings is 3. The molecular formula is C41H27N3. The van der Waals surface area contributed by atoms with Gasteiger partial charge >= 0.3 is 0 Å². The van der Waals surface area contributed by atoms with Crippen molar-refractivity contribution in [1.82, 2.24) is 15.0 Å². The van der Waals surface area contributed by atoms with Crippen molar-refractivity contribution in [1.29, 1.82) is 0 Å². The van der Waals surface area contributed by atoms with Crippen molar-refractivity contribution in [3.63, 3.8) is 0 Å². The van der Waals surface area contributed by atoms with Crippen molar-refractivity contribution in [3.8, 4) is 55.9 Å². The van der Waals surface area contributed by atoms with Gasteiger partial charge in [-0.15, -0.1) is 0 Å². The summed E-state index contributed by atoms with van der Waals surface area (Å²) in [5.74, 6) is 0. The van der Waals surface area contributed by atoms with E-state index in [1.165, 1.54) is 43.8 Å². The first kappa shape index (κ1) is 25.8. The molecular weight excluding hydrogens is 534 g/mol. The minimum atomic E-state index is 0.883. The Morgan fingerprint density at radius 2 is 0.909 bits per heavy atom. The predicted octanol–water partition coefficient (Wildman–Crippen LogP) is 10.5. The van der Waals surface area contributed by atoms with E-state index in [-0.39, 0.29) is 0 Å². The number of aromatic nitrogens is 3. The van der Waals surface area contributed by atoms with Gasteiger partial charge in [-0.2, -0.15) is 0 Å². The third-order valence-corrected chi connectivity index (χ3v) is 8.23. The fourth-order valence-corrected chi connectivity index (χ4v) is 6.04. The second-order valence-corrected chi connectivity index (χ2v) is 11.0. The minimum Gasteiger partial charge on any atom is -0.264 e. The van der Waals surface area contributed by atoms with Crippen molar-refractivity contribution < 1.29 is 0 Å². The zero-order valence-corrected chi connectivity index (χ0v) is 23.9. The first-order valence-corrected chi connectivity index (χ1v) is 14.7. The normalized spacial score (nSPS) is 11.2. The molecule has 0 unspecified atom stereocenters. The summed E-state index contributed by atoms with van der Waals surface area (Å²) < 4.78 is 0. The molecule has 3 heterocycles. The molecule has 3 aromatic heterocycles. The van der Waals surface area contributed by atoms with Crippen LogP contribution < -0.4 is 0 Å². The molecule has 0 aliphatic carbocycles. The molecule has 206 valence electrons. The number of fused-ring (bicyclic) bond motifs is 3. The molecule has 0 aliphatic rings. The smallest absolute Gasteiger partial charge is 0.0731 e. The van der Waals surface area contributed by atoms with Crippen LogP contribution in [0.1, 0.15) is 0 Å². The number of hydrogen-bond donors (Lipinski definition) is 0. The van der Waals surface area contributed by atoms with Crippen LogP contribution in [0.2, 0.25) is 0 Å². The van der Waals surface area contributed by atoms with Gasteiger partial charge in [-0.3, -0.25) is 9.97 Å². The summed E-state index contributed by atoms with van der Waals surface area (Å²) in [7, 11) is 0. The van der Waals surface area contributed by atoms with Crippen molar-refractivity contribution in [2.24, 2.45) is 0 Å². The maximum atomic E-state index is 4.96. The van der Waals surface area contributed by atoms with Gasteiger partial charge in [0, 0.05) is 35.9 Å². The van der Waals surface area contributed by atoms with Gasteiger partial charge < -0.3 is 0 Å². The molecule has 0 saturated carbocycles. The molecule has 0 atom stereocenters. The lowest BCUT2D eigenvalue weighted by Crippen LogP contribution is -1.92. The monoisotopic (exact) mass is 561 g/mol. The Morgan fingerprint density at radius 1 is 0.341 bits per heavy atom. The molecule has 3 nitrogen and oxygen atoms in total. The summed E-state index contributed by atoms with van der Waals surface area (Å²) >= 11 is 0. The number of rotatable bonds is 5. The molecule has 8 rings (SSSR count). The average molecular weight is 562 g/mol. The fraction of sp³-hybridized carbons (Fsp3) is 0. The van der Waals surface area contributed by atoms with Gasteiger partial charge in [0.25, 0.3) is 0 Å². The van der Waals surface area contributed by atoms with Crippen LogP contribution in [-0.2, 0) is 0 Å². The van der Waals surface area contributed by atoms with E-state index < -0.39 is 0 Å². The molecule has 8 aromatic rings. The Kier molecular flexibility index (Phi) is 6.47. The Balaban J connectivity index is 1.19. The van der Waals surface area contributed by atoms with E-state index in [9.17, 15) is 0 Å². The summed E-state index contributed by atoms with van der Waals surface area (Å²) in [5, 5.41) is 5.09. The molecule has 44 heavy (non-hydrogen) atoms. The van der Waals surface area contributed by atoms with Crippen LogP contribution in [0.3, 0.4) is 0 Å². The fourth-order valence-electron chi connectivity index (χ4n) is 6.04. The summed E-state index contributed by atoms with van der Waals surface area (Å²) in [6, 6.07) is 49.6. The predicted molar refractivity (Wildman–Crippen MR) is 182 cm³/mol. The number of hydrogen-bond acceptors (Lipinski definition) is 3. The zero-order chi connectivity index (χ0) is 29.3. The molecule has 0 amide bonds. The summed E-state index contributed by atoms with van der Waals surface area (Å²) in [5.41, 5.74) is 10.8. The van der Waals surface area contributed by atoms with Gasteiger partial charge in [-0.25, -0.2) is 4.98 Å². The first-order chi connectivity index (χ1) is 21.8. The number of benzene rings is 5. The first-order valence-electron chi connectivity index (χ1n) is 14.7. The highest BCUT2D eigenvalue weighted by atomic mass is 14.7. The Hall–Kier alpha value is -5.93. The molecule has 0 radical (unpaired) electrons. The highest BCUT2D eigenvalue weighted by Gasteiger charge is 2.12. The highest BCUT2D eigenvalue weighted by Crippen LogP contribution is 2.37. The maximum Gasteiger partial charge on any atom is 0.0731 e. The van der Waals surface area contributed by atoms with E-state index in [4.69, 9.17) is 4.98 Å². The van der Waals surface area contributed by atoms with Crippen LogP contribution in [-0.4, -0.2) is 15.0 Å². The van der Waals surface area contributed by atoms with Crippen LogP contribution >= 0.6 is 0 Å². The Morgan fingerprint density at radius 3 is 1.57 bits per heavy atom. The molecule has 5 aromatic carbocycles. The Labute approximate surface area is 256 Å². The van der Waals surface area contributed by atoms with Crippen molar-refractivity contribution in [3.05, 3.63) is 164 Å². The quantitative estimate of drug-likeness (QED) is 0.196. The van der Waals surface area contributed by atoms with Crippen molar-refractivity contribution in [2.75, 3.05) is 0 Å². The van der Waals surface area contributed by atoms with Crippen LogP contribution in [0, 0.1) is 0 Å². The third kappa shape index (κ3) is 4.81. The zero-order valence-electron chi connectivity index (χ0n) is 23.9. The lowest BCUT2D eigenvalue weighted by atomic mass is 9.91. The lowest BCUT2D eigenvalue weighted by Gasteiger charge is -2.13. The summed E-state index contributed by atoms with van der Waals surface area (Å²) in [6.45, 7) is 0. The summed E-state index contributed by atoms with van der Waals surface area (Å²) in [6.07, 6.45) is 7.28. The van der Waals surface area contributed by atoms with Crippen molar-refractivity contribution in [2.45, 2.75) is 0 Å². The third-order valence-electron chi connectivity index (χ3n) is 8.23. The molecule has 0 aliphatic heterocycles. The van der Waals surface area contributed by atoms with Gasteiger partial charge in [0.2, 0.25) is 0 Å². The SMILES string of the molecule is c1cncc(-c2cc(-c3ccc(-c4cccc(-c5cc6ccccc6c6ccccc56)c4)cc3)cc(-c3cccnc3)n2)c1. The van der Waals surface area contributed by atoms with E-state index in [0.29, 0.717) is 0 Å². The van der Waals surface area contributed by atoms with Crippen LogP contribution in [0.4, 0.5) is 0 Å². The van der Waals surface area contributed by atoms with Gasteiger partial charge in [0.15, 0.2) is 0 Å². The summed E-state index contributed by atoms with van der Waals surface area (Å²) in [4.78, 5) is 13.6. The largest absolute Gasteiger partial charge is 0.264 e.